The number of aliphatic hydroxyl groups excluding tert-OH is 1. The molecule has 1 aromatic carbocycles. The molecule has 1 amide bonds. The first-order valence-corrected chi connectivity index (χ1v) is 7.01. The first-order chi connectivity index (χ1) is 10.0. The van der Waals surface area contributed by atoms with Crippen molar-refractivity contribution >= 4 is 5.91 Å². The van der Waals surface area contributed by atoms with Crippen molar-refractivity contribution in [1.82, 2.24) is 10.2 Å². The highest BCUT2D eigenvalue weighted by Crippen LogP contribution is 2.16. The lowest BCUT2D eigenvalue weighted by molar-refractivity contribution is -0.135. The van der Waals surface area contributed by atoms with Crippen molar-refractivity contribution in [3.05, 3.63) is 42.2 Å². The smallest absolute Gasteiger partial charge is 0.233 e. The lowest BCUT2D eigenvalue weighted by Gasteiger charge is -2.27. The van der Waals surface area contributed by atoms with E-state index in [0.717, 1.165) is 11.3 Å². The summed E-state index contributed by atoms with van der Waals surface area (Å²) < 4.78 is 5.12. The van der Waals surface area contributed by atoms with Gasteiger partial charge in [-0.1, -0.05) is 25.6 Å². The number of aliphatic hydroxyl groups is 1. The number of hydrogen-bond acceptors (Lipinski definition) is 4. The van der Waals surface area contributed by atoms with Crippen LogP contribution in [0.1, 0.15) is 19.4 Å². The molecule has 0 aliphatic heterocycles. The Morgan fingerprint density at radius 3 is 2.52 bits per heavy atom. The van der Waals surface area contributed by atoms with Crippen molar-refractivity contribution in [2.45, 2.75) is 20.4 Å². The highest BCUT2D eigenvalue weighted by atomic mass is 16.5. The second-order valence-corrected chi connectivity index (χ2v) is 4.83. The number of amides is 1. The minimum Gasteiger partial charge on any atom is -0.497 e. The summed E-state index contributed by atoms with van der Waals surface area (Å²) in [5.74, 6) is 0.697. The van der Waals surface area contributed by atoms with Crippen LogP contribution in [0.4, 0.5) is 0 Å². The van der Waals surface area contributed by atoms with Crippen LogP contribution in [0.2, 0.25) is 0 Å². The summed E-state index contributed by atoms with van der Waals surface area (Å²) in [5, 5.41) is 12.2. The SMILES string of the molecule is C=C(NCC)N(Cc1ccc(OC)cc1)C(=O)[C@H](C)CO. The molecule has 0 heterocycles. The van der Waals surface area contributed by atoms with Crippen LogP contribution in [0, 0.1) is 5.92 Å². The van der Waals surface area contributed by atoms with Crippen LogP contribution < -0.4 is 10.1 Å². The van der Waals surface area contributed by atoms with Gasteiger partial charge in [0.25, 0.3) is 0 Å². The van der Waals surface area contributed by atoms with Gasteiger partial charge in [-0.25, -0.2) is 0 Å². The number of carbonyl (C=O) groups is 1. The number of rotatable bonds is 8. The molecule has 2 N–H and O–H groups in total. The van der Waals surface area contributed by atoms with Crippen LogP contribution in [0.15, 0.2) is 36.7 Å². The lowest BCUT2D eigenvalue weighted by Crippen LogP contribution is -2.39. The number of nitrogens with zero attached hydrogens (tertiary/aromatic N) is 1. The van der Waals surface area contributed by atoms with Gasteiger partial charge in [-0.3, -0.25) is 9.69 Å². The number of ether oxygens (including phenoxy) is 1. The van der Waals surface area contributed by atoms with E-state index in [9.17, 15) is 9.90 Å². The first kappa shape index (κ1) is 17.0. The van der Waals surface area contributed by atoms with Gasteiger partial charge in [0.2, 0.25) is 5.91 Å². The van der Waals surface area contributed by atoms with E-state index in [4.69, 9.17) is 4.74 Å². The molecule has 0 bridgehead atoms. The molecule has 1 rings (SSSR count). The van der Waals surface area contributed by atoms with Gasteiger partial charge in [0.15, 0.2) is 0 Å². The number of methoxy groups -OCH3 is 1. The molecule has 0 spiro atoms. The van der Waals surface area contributed by atoms with Crippen molar-refractivity contribution in [3.8, 4) is 5.75 Å². The Labute approximate surface area is 126 Å². The van der Waals surface area contributed by atoms with Crippen LogP contribution in [0.25, 0.3) is 0 Å². The van der Waals surface area contributed by atoms with Gasteiger partial charge in [-0.05, 0) is 24.6 Å². The Kier molecular flexibility index (Phi) is 6.75. The van der Waals surface area contributed by atoms with E-state index >= 15 is 0 Å². The summed E-state index contributed by atoms with van der Waals surface area (Å²) in [6.45, 7) is 8.44. The second kappa shape index (κ2) is 8.32. The van der Waals surface area contributed by atoms with Gasteiger partial charge in [-0.15, -0.1) is 0 Å². The molecular formula is C16H24N2O3. The zero-order chi connectivity index (χ0) is 15.8. The number of nitrogens with one attached hydrogen (secondary N) is 1. The molecule has 116 valence electrons. The average Bonchev–Trinajstić information content (AvgIpc) is 2.51. The molecule has 5 heteroatoms. The van der Waals surface area contributed by atoms with E-state index in [1.165, 1.54) is 0 Å². The van der Waals surface area contributed by atoms with Crippen molar-refractivity contribution < 1.29 is 14.6 Å². The topological polar surface area (TPSA) is 61.8 Å². The lowest BCUT2D eigenvalue weighted by atomic mass is 10.1. The van der Waals surface area contributed by atoms with E-state index in [2.05, 4.69) is 11.9 Å². The largest absolute Gasteiger partial charge is 0.497 e. The summed E-state index contributed by atoms with van der Waals surface area (Å²) in [4.78, 5) is 13.9. The monoisotopic (exact) mass is 292 g/mol. The summed E-state index contributed by atoms with van der Waals surface area (Å²) in [5.41, 5.74) is 0.966. The maximum Gasteiger partial charge on any atom is 0.233 e. The quantitative estimate of drug-likeness (QED) is 0.766. The number of hydrogen-bond donors (Lipinski definition) is 2. The fraction of sp³-hybridized carbons (Fsp3) is 0.438. The minimum atomic E-state index is -0.460. The molecule has 1 atom stereocenters. The Bertz CT molecular complexity index is 471. The molecule has 0 radical (unpaired) electrons. The normalized spacial score (nSPS) is 11.6. The van der Waals surface area contributed by atoms with Crippen LogP contribution in [0.5, 0.6) is 5.75 Å². The van der Waals surface area contributed by atoms with Crippen molar-refractivity contribution in [3.63, 3.8) is 0 Å². The van der Waals surface area contributed by atoms with Crippen LogP contribution >= 0.6 is 0 Å². The molecule has 0 saturated carbocycles. The molecule has 0 aromatic heterocycles. The van der Waals surface area contributed by atoms with Gasteiger partial charge in [-0.2, -0.15) is 0 Å². The highest BCUT2D eigenvalue weighted by Gasteiger charge is 2.22. The second-order valence-electron chi connectivity index (χ2n) is 4.83. The van der Waals surface area contributed by atoms with Crippen molar-refractivity contribution in [1.29, 1.82) is 0 Å². The summed E-state index contributed by atoms with van der Waals surface area (Å²) in [7, 11) is 1.61. The van der Waals surface area contributed by atoms with E-state index in [1.807, 2.05) is 31.2 Å². The first-order valence-electron chi connectivity index (χ1n) is 7.01. The van der Waals surface area contributed by atoms with Crippen molar-refractivity contribution in [2.75, 3.05) is 20.3 Å². The minimum absolute atomic E-state index is 0.153. The number of carbonyl (C=O) groups excluding carboxylic acids is 1. The van der Waals surface area contributed by atoms with E-state index in [0.29, 0.717) is 18.9 Å². The van der Waals surface area contributed by atoms with Gasteiger partial charge in [0.1, 0.15) is 11.6 Å². The van der Waals surface area contributed by atoms with Crippen LogP contribution in [0.3, 0.4) is 0 Å². The molecule has 0 unspecified atom stereocenters. The van der Waals surface area contributed by atoms with Gasteiger partial charge in [0, 0.05) is 6.54 Å². The zero-order valence-corrected chi connectivity index (χ0v) is 12.9. The summed E-state index contributed by atoms with van der Waals surface area (Å²) in [6, 6.07) is 7.51. The zero-order valence-electron chi connectivity index (χ0n) is 12.9. The van der Waals surface area contributed by atoms with Crippen molar-refractivity contribution in [2.24, 2.45) is 5.92 Å². The predicted molar refractivity (Wildman–Crippen MR) is 82.6 cm³/mol. The molecule has 0 fully saturated rings. The molecular weight excluding hydrogens is 268 g/mol. The molecule has 5 nitrogen and oxygen atoms in total. The maximum atomic E-state index is 12.4. The molecule has 21 heavy (non-hydrogen) atoms. The van der Waals surface area contributed by atoms with Crippen LogP contribution in [-0.2, 0) is 11.3 Å². The fourth-order valence-electron chi connectivity index (χ4n) is 1.86. The van der Waals surface area contributed by atoms with Gasteiger partial charge in [0.05, 0.1) is 26.2 Å². The third-order valence-corrected chi connectivity index (χ3v) is 3.17. The number of benzene rings is 1. The molecule has 0 saturated heterocycles. The summed E-state index contributed by atoms with van der Waals surface area (Å²) in [6.07, 6.45) is 0. The molecule has 0 aliphatic carbocycles. The van der Waals surface area contributed by atoms with E-state index in [-0.39, 0.29) is 12.5 Å². The summed E-state index contributed by atoms with van der Waals surface area (Å²) >= 11 is 0. The van der Waals surface area contributed by atoms with E-state index < -0.39 is 5.92 Å². The third kappa shape index (κ3) is 4.79. The van der Waals surface area contributed by atoms with Gasteiger partial charge >= 0.3 is 0 Å². The Hall–Kier alpha value is -2.01. The van der Waals surface area contributed by atoms with Crippen LogP contribution in [-0.4, -0.2) is 36.2 Å². The van der Waals surface area contributed by atoms with Gasteiger partial charge < -0.3 is 15.2 Å². The Balaban J connectivity index is 2.89. The van der Waals surface area contributed by atoms with E-state index in [1.54, 1.807) is 18.9 Å². The Morgan fingerprint density at radius 2 is 2.05 bits per heavy atom. The fourth-order valence-corrected chi connectivity index (χ4v) is 1.86. The molecule has 0 aliphatic rings. The molecule has 1 aromatic rings. The standard InChI is InChI=1S/C16H24N2O3/c1-5-17-13(3)18(16(20)12(2)11-19)10-14-6-8-15(21-4)9-7-14/h6-9,12,17,19H,3,5,10-11H2,1-2,4H3/t12-/m1/s1. The maximum absolute atomic E-state index is 12.4. The third-order valence-electron chi connectivity index (χ3n) is 3.17. The average molecular weight is 292 g/mol. The highest BCUT2D eigenvalue weighted by molar-refractivity contribution is 5.80. The predicted octanol–water partition coefficient (Wildman–Crippen LogP) is 1.73. The Morgan fingerprint density at radius 1 is 1.43 bits per heavy atom.